The third kappa shape index (κ3) is 6.02. The molecule has 1 amide bonds. The first-order chi connectivity index (χ1) is 14.3. The van der Waals surface area contributed by atoms with Crippen LogP contribution in [0.5, 0.6) is 0 Å². The summed E-state index contributed by atoms with van der Waals surface area (Å²) >= 11 is 0. The molecular weight excluding hydrogens is 396 g/mol. The maximum absolute atomic E-state index is 12.6. The van der Waals surface area contributed by atoms with Crippen LogP contribution in [-0.4, -0.2) is 14.3 Å². The first-order valence-corrected chi connectivity index (χ1v) is 11.3. The lowest BCUT2D eigenvalue weighted by molar-refractivity contribution is -0.116. The first kappa shape index (κ1) is 21.7. The van der Waals surface area contributed by atoms with Crippen LogP contribution in [-0.2, 0) is 21.2 Å². The van der Waals surface area contributed by atoms with Gasteiger partial charge in [0.05, 0.1) is 4.90 Å². The number of carbonyl (C=O) groups excluding carboxylic acids is 1. The number of hydrogen-bond donors (Lipinski definition) is 2. The highest BCUT2D eigenvalue weighted by Crippen LogP contribution is 2.18. The van der Waals surface area contributed by atoms with Gasteiger partial charge in [-0.2, -0.15) is 0 Å². The zero-order valence-electron chi connectivity index (χ0n) is 17.1. The molecule has 0 saturated carbocycles. The van der Waals surface area contributed by atoms with E-state index in [1.54, 1.807) is 24.3 Å². The molecule has 1 atom stereocenters. The van der Waals surface area contributed by atoms with Crippen molar-refractivity contribution in [3.63, 3.8) is 0 Å². The summed E-state index contributed by atoms with van der Waals surface area (Å²) < 4.78 is 28.0. The zero-order valence-corrected chi connectivity index (χ0v) is 17.9. The van der Waals surface area contributed by atoms with Crippen molar-refractivity contribution in [2.24, 2.45) is 0 Å². The van der Waals surface area contributed by atoms with Crippen LogP contribution in [0.1, 0.15) is 36.1 Å². The van der Waals surface area contributed by atoms with Gasteiger partial charge >= 0.3 is 0 Å². The van der Waals surface area contributed by atoms with Gasteiger partial charge in [0.15, 0.2) is 0 Å². The number of hydrogen-bond acceptors (Lipinski definition) is 3. The topological polar surface area (TPSA) is 75.3 Å². The Balaban J connectivity index is 1.56. The fourth-order valence-corrected chi connectivity index (χ4v) is 4.38. The number of benzene rings is 3. The van der Waals surface area contributed by atoms with Crippen LogP contribution >= 0.6 is 0 Å². The van der Waals surface area contributed by atoms with E-state index in [0.29, 0.717) is 12.8 Å². The second-order valence-electron chi connectivity index (χ2n) is 7.32. The van der Waals surface area contributed by atoms with Gasteiger partial charge in [0.2, 0.25) is 15.9 Å². The average Bonchev–Trinajstić information content (AvgIpc) is 2.73. The van der Waals surface area contributed by atoms with E-state index in [1.165, 1.54) is 0 Å². The van der Waals surface area contributed by atoms with Crippen molar-refractivity contribution in [1.82, 2.24) is 4.72 Å². The second kappa shape index (κ2) is 9.69. The highest BCUT2D eigenvalue weighted by molar-refractivity contribution is 7.89. The highest BCUT2D eigenvalue weighted by atomic mass is 32.2. The predicted molar refractivity (Wildman–Crippen MR) is 120 cm³/mol. The largest absolute Gasteiger partial charge is 0.326 e. The van der Waals surface area contributed by atoms with Crippen LogP contribution in [0.3, 0.4) is 0 Å². The van der Waals surface area contributed by atoms with Crippen LogP contribution in [0.25, 0.3) is 0 Å². The Morgan fingerprint density at radius 2 is 1.63 bits per heavy atom. The maximum atomic E-state index is 12.6. The minimum atomic E-state index is -3.63. The molecule has 0 unspecified atom stereocenters. The summed E-state index contributed by atoms with van der Waals surface area (Å²) in [5.41, 5.74) is 3.67. The second-order valence-corrected chi connectivity index (χ2v) is 9.03. The van der Waals surface area contributed by atoms with Crippen LogP contribution in [0.2, 0.25) is 0 Å². The lowest BCUT2D eigenvalue weighted by Crippen LogP contribution is -2.26. The number of rotatable bonds is 8. The lowest BCUT2D eigenvalue weighted by Gasteiger charge is -2.15. The number of anilines is 1. The van der Waals surface area contributed by atoms with Gasteiger partial charge in [-0.05, 0) is 61.2 Å². The maximum Gasteiger partial charge on any atom is 0.241 e. The van der Waals surface area contributed by atoms with Gasteiger partial charge in [-0.25, -0.2) is 13.1 Å². The molecule has 0 aliphatic carbocycles. The number of carbonyl (C=O) groups is 1. The van der Waals surface area contributed by atoms with E-state index in [9.17, 15) is 13.2 Å². The van der Waals surface area contributed by atoms with Gasteiger partial charge in [-0.1, -0.05) is 54.6 Å². The van der Waals surface area contributed by atoms with Gasteiger partial charge in [0.1, 0.15) is 0 Å². The van der Waals surface area contributed by atoms with E-state index in [2.05, 4.69) is 10.0 Å². The molecule has 0 radical (unpaired) electrons. The van der Waals surface area contributed by atoms with Crippen molar-refractivity contribution in [1.29, 1.82) is 0 Å². The summed E-state index contributed by atoms with van der Waals surface area (Å²) in [5, 5.41) is 2.88. The Kier molecular flexibility index (Phi) is 7.03. The van der Waals surface area contributed by atoms with Crippen molar-refractivity contribution < 1.29 is 13.2 Å². The Hall–Kier alpha value is -2.96. The van der Waals surface area contributed by atoms with E-state index in [-0.39, 0.29) is 16.8 Å². The van der Waals surface area contributed by atoms with Crippen LogP contribution in [0, 0.1) is 6.92 Å². The van der Waals surface area contributed by atoms with Gasteiger partial charge in [-0.3, -0.25) is 4.79 Å². The van der Waals surface area contributed by atoms with E-state index < -0.39 is 10.0 Å². The molecule has 6 heteroatoms. The fraction of sp³-hybridized carbons (Fsp3) is 0.208. The number of aryl methyl sites for hydroxylation is 2. The Bertz CT molecular complexity index is 1090. The van der Waals surface area contributed by atoms with Crippen molar-refractivity contribution in [3.8, 4) is 0 Å². The third-order valence-electron chi connectivity index (χ3n) is 4.81. The monoisotopic (exact) mass is 422 g/mol. The van der Waals surface area contributed by atoms with Gasteiger partial charge in [0, 0.05) is 18.2 Å². The van der Waals surface area contributed by atoms with Gasteiger partial charge in [0.25, 0.3) is 0 Å². The fourth-order valence-electron chi connectivity index (χ4n) is 3.15. The number of sulfonamides is 1. The molecule has 3 aromatic rings. The molecular formula is C24H26N2O3S. The summed E-state index contributed by atoms with van der Waals surface area (Å²) in [6, 6.07) is 23.4. The SMILES string of the molecule is Cc1cccc(NC(=O)CCc2ccc(S(=O)(=O)N[C@H](C)c3ccccc3)cc2)c1. The molecule has 0 spiro atoms. The van der Waals surface area contributed by atoms with Gasteiger partial charge in [-0.15, -0.1) is 0 Å². The summed E-state index contributed by atoms with van der Waals surface area (Å²) in [6.45, 7) is 3.79. The van der Waals surface area contributed by atoms with Gasteiger partial charge < -0.3 is 5.32 Å². The molecule has 2 N–H and O–H groups in total. The smallest absolute Gasteiger partial charge is 0.241 e. The number of amides is 1. The van der Waals surface area contributed by atoms with E-state index >= 15 is 0 Å². The Morgan fingerprint density at radius 3 is 2.30 bits per heavy atom. The number of nitrogens with one attached hydrogen (secondary N) is 2. The highest BCUT2D eigenvalue weighted by Gasteiger charge is 2.18. The minimum Gasteiger partial charge on any atom is -0.326 e. The molecule has 3 aromatic carbocycles. The van der Waals surface area contributed by atoms with Crippen molar-refractivity contribution in [2.75, 3.05) is 5.32 Å². The summed E-state index contributed by atoms with van der Waals surface area (Å²) in [7, 11) is -3.63. The molecule has 0 fully saturated rings. The van der Waals surface area contributed by atoms with E-state index in [4.69, 9.17) is 0 Å². The van der Waals surface area contributed by atoms with Crippen LogP contribution < -0.4 is 10.0 Å². The third-order valence-corrected chi connectivity index (χ3v) is 6.36. The van der Waals surface area contributed by atoms with Crippen LogP contribution in [0.15, 0.2) is 83.8 Å². The zero-order chi connectivity index (χ0) is 21.6. The Labute approximate surface area is 178 Å². The van der Waals surface area contributed by atoms with Crippen molar-refractivity contribution in [2.45, 2.75) is 37.6 Å². The lowest BCUT2D eigenvalue weighted by atomic mass is 10.1. The van der Waals surface area contributed by atoms with Crippen molar-refractivity contribution >= 4 is 21.6 Å². The predicted octanol–water partition coefficient (Wildman–Crippen LogP) is 4.61. The minimum absolute atomic E-state index is 0.0735. The molecule has 0 heterocycles. The molecule has 3 rings (SSSR count). The molecule has 0 saturated heterocycles. The normalized spacial score (nSPS) is 12.3. The molecule has 0 bridgehead atoms. The quantitative estimate of drug-likeness (QED) is 0.557. The first-order valence-electron chi connectivity index (χ1n) is 9.86. The summed E-state index contributed by atoms with van der Waals surface area (Å²) in [6.07, 6.45) is 0.856. The molecule has 0 aromatic heterocycles. The standard InChI is InChI=1S/C24H26N2O3S/c1-18-7-6-10-22(17-18)25-24(27)16-13-20-11-14-23(15-12-20)30(28,29)26-19(2)21-8-4-3-5-9-21/h3-12,14-15,17,19,26H,13,16H2,1-2H3,(H,25,27)/t19-/m1/s1. The molecule has 0 aliphatic heterocycles. The summed E-state index contributed by atoms with van der Waals surface area (Å²) in [4.78, 5) is 12.4. The molecule has 5 nitrogen and oxygen atoms in total. The van der Waals surface area contributed by atoms with E-state index in [1.807, 2.05) is 68.4 Å². The average molecular weight is 423 g/mol. The molecule has 30 heavy (non-hydrogen) atoms. The summed E-state index contributed by atoms with van der Waals surface area (Å²) in [5.74, 6) is -0.0735. The van der Waals surface area contributed by atoms with E-state index in [0.717, 1.165) is 22.4 Å². The molecule has 0 aliphatic rings. The van der Waals surface area contributed by atoms with Crippen molar-refractivity contribution in [3.05, 3.63) is 95.6 Å². The Morgan fingerprint density at radius 1 is 0.933 bits per heavy atom. The molecule has 156 valence electrons. The van der Waals surface area contributed by atoms with Crippen LogP contribution in [0.4, 0.5) is 5.69 Å².